The molecule has 8 nitrogen and oxygen atoms in total. The van der Waals surface area contributed by atoms with Crippen LogP contribution < -0.4 is 16.0 Å². The Morgan fingerprint density at radius 3 is 2.77 bits per heavy atom. The summed E-state index contributed by atoms with van der Waals surface area (Å²) in [6, 6.07) is -0.125. The average Bonchev–Trinajstić information content (AvgIpc) is 3.45. The van der Waals surface area contributed by atoms with Gasteiger partial charge in [0.2, 0.25) is 5.91 Å². The average molecular weight is 464 g/mol. The van der Waals surface area contributed by atoms with Crippen LogP contribution >= 0.6 is 34.5 Å². The molecule has 3 aromatic rings. The zero-order chi connectivity index (χ0) is 21.2. The molecule has 0 saturated heterocycles. The molecule has 1 amide bonds. The van der Waals surface area contributed by atoms with E-state index in [1.807, 2.05) is 19.0 Å². The summed E-state index contributed by atoms with van der Waals surface area (Å²) in [5.74, 6) is 0.383. The number of pyridine rings is 1. The normalized spacial score (nSPS) is 24.7. The lowest BCUT2D eigenvalue weighted by molar-refractivity contribution is -0.122. The van der Waals surface area contributed by atoms with Crippen LogP contribution in [-0.2, 0) is 4.79 Å². The Morgan fingerprint density at radius 2 is 2.07 bits per heavy atom. The summed E-state index contributed by atoms with van der Waals surface area (Å²) in [4.78, 5) is 31.3. The molecule has 2 aliphatic rings. The number of imidazole rings is 1. The number of fused-ring (bicyclic) bond motifs is 3. The molecule has 5 rings (SSSR count). The highest BCUT2D eigenvalue weighted by atomic mass is 35.5. The van der Waals surface area contributed by atoms with Crippen LogP contribution in [0.1, 0.15) is 6.42 Å². The molecular formula is C19H19Cl2N7OS. The molecule has 4 unspecified atom stereocenters. The first-order valence-electron chi connectivity index (χ1n) is 9.46. The predicted molar refractivity (Wildman–Crippen MR) is 120 cm³/mol. The summed E-state index contributed by atoms with van der Waals surface area (Å²) in [5, 5.41) is 5.06. The van der Waals surface area contributed by atoms with Crippen molar-refractivity contribution in [3.8, 4) is 10.7 Å². The molecule has 3 heterocycles. The minimum Gasteiger partial charge on any atom is -0.378 e. The molecule has 30 heavy (non-hydrogen) atoms. The second-order valence-electron chi connectivity index (χ2n) is 7.82. The molecule has 0 spiro atoms. The number of amides is 1. The van der Waals surface area contributed by atoms with E-state index in [0.29, 0.717) is 32.9 Å². The number of aromatic amines is 1. The summed E-state index contributed by atoms with van der Waals surface area (Å²) in [6.45, 7) is 0. The van der Waals surface area contributed by atoms with E-state index in [-0.39, 0.29) is 29.7 Å². The molecule has 2 bridgehead atoms. The molecule has 0 radical (unpaired) electrons. The number of carbonyl (C=O) groups is 1. The van der Waals surface area contributed by atoms with E-state index in [4.69, 9.17) is 28.9 Å². The van der Waals surface area contributed by atoms with E-state index < -0.39 is 0 Å². The van der Waals surface area contributed by atoms with E-state index in [9.17, 15) is 4.79 Å². The van der Waals surface area contributed by atoms with Crippen LogP contribution in [0.4, 0.5) is 10.8 Å². The lowest BCUT2D eigenvalue weighted by Crippen LogP contribution is -2.41. The molecule has 1 fully saturated rings. The smallest absolute Gasteiger partial charge is 0.223 e. The van der Waals surface area contributed by atoms with Gasteiger partial charge >= 0.3 is 0 Å². The SMILES string of the molecule is CN(C)c1nc(Cl)c(-c2nc3ncc(Cl)c(NC4C5C=CC(C5)C4C(N)=O)c3[nH]2)s1. The van der Waals surface area contributed by atoms with Crippen LogP contribution in [0.3, 0.4) is 0 Å². The fraction of sp³-hybridized carbons (Fsp3) is 0.368. The van der Waals surface area contributed by atoms with Gasteiger partial charge in [-0.05, 0) is 18.3 Å². The Morgan fingerprint density at radius 1 is 1.30 bits per heavy atom. The zero-order valence-corrected chi connectivity index (χ0v) is 18.5. The molecule has 3 aromatic heterocycles. The number of allylic oxidation sites excluding steroid dienone is 1. The Hall–Kier alpha value is -2.36. The van der Waals surface area contributed by atoms with Crippen molar-refractivity contribution in [1.29, 1.82) is 0 Å². The highest BCUT2D eigenvalue weighted by Gasteiger charge is 2.47. The van der Waals surface area contributed by atoms with Gasteiger partial charge in [-0.2, -0.15) is 0 Å². The number of anilines is 2. The molecule has 4 atom stereocenters. The van der Waals surface area contributed by atoms with Gasteiger partial charge in [0.25, 0.3) is 0 Å². The second kappa shape index (κ2) is 7.11. The van der Waals surface area contributed by atoms with Gasteiger partial charge in [0, 0.05) is 20.1 Å². The van der Waals surface area contributed by atoms with Crippen molar-refractivity contribution in [1.82, 2.24) is 19.9 Å². The number of aromatic nitrogens is 4. The maximum Gasteiger partial charge on any atom is 0.223 e. The fourth-order valence-electron chi connectivity index (χ4n) is 4.38. The Bertz CT molecular complexity index is 1190. The summed E-state index contributed by atoms with van der Waals surface area (Å²) < 4.78 is 0. The third-order valence-corrected chi connectivity index (χ3v) is 7.65. The molecule has 0 aromatic carbocycles. The van der Waals surface area contributed by atoms with Gasteiger partial charge in [-0.25, -0.2) is 15.0 Å². The number of nitrogens with two attached hydrogens (primary N) is 1. The van der Waals surface area contributed by atoms with Crippen molar-refractivity contribution in [2.24, 2.45) is 23.5 Å². The first-order chi connectivity index (χ1) is 14.3. The Balaban J connectivity index is 1.56. The maximum atomic E-state index is 12.1. The molecule has 0 aliphatic heterocycles. The Kier molecular flexibility index (Phi) is 4.64. The third kappa shape index (κ3) is 3.03. The van der Waals surface area contributed by atoms with Gasteiger partial charge in [0.05, 0.1) is 22.8 Å². The fourth-order valence-corrected chi connectivity index (χ4v) is 5.74. The van der Waals surface area contributed by atoms with E-state index in [0.717, 1.165) is 16.4 Å². The Labute approximate surface area is 186 Å². The van der Waals surface area contributed by atoms with Gasteiger partial charge in [0.1, 0.15) is 10.4 Å². The monoisotopic (exact) mass is 463 g/mol. The molecule has 2 aliphatic carbocycles. The van der Waals surface area contributed by atoms with E-state index in [2.05, 4.69) is 37.4 Å². The van der Waals surface area contributed by atoms with Crippen molar-refractivity contribution in [2.75, 3.05) is 24.3 Å². The van der Waals surface area contributed by atoms with Gasteiger partial charge in [-0.1, -0.05) is 46.7 Å². The largest absolute Gasteiger partial charge is 0.378 e. The van der Waals surface area contributed by atoms with Gasteiger partial charge in [0.15, 0.2) is 21.8 Å². The predicted octanol–water partition coefficient (Wildman–Crippen LogP) is 3.54. The maximum absolute atomic E-state index is 12.1. The van der Waals surface area contributed by atoms with Crippen molar-refractivity contribution in [3.63, 3.8) is 0 Å². The highest BCUT2D eigenvalue weighted by molar-refractivity contribution is 7.19. The third-order valence-electron chi connectivity index (χ3n) is 5.74. The van der Waals surface area contributed by atoms with Crippen molar-refractivity contribution in [3.05, 3.63) is 28.5 Å². The number of hydrogen-bond donors (Lipinski definition) is 3. The quantitative estimate of drug-likeness (QED) is 0.498. The molecule has 4 N–H and O–H groups in total. The number of rotatable bonds is 5. The number of carbonyl (C=O) groups excluding carboxylic acids is 1. The van der Waals surface area contributed by atoms with Gasteiger partial charge in [-0.3, -0.25) is 4.79 Å². The van der Waals surface area contributed by atoms with Gasteiger partial charge in [-0.15, -0.1) is 0 Å². The summed E-state index contributed by atoms with van der Waals surface area (Å²) in [7, 11) is 3.81. The van der Waals surface area contributed by atoms with Crippen LogP contribution in [0, 0.1) is 17.8 Å². The zero-order valence-electron chi connectivity index (χ0n) is 16.2. The first-order valence-corrected chi connectivity index (χ1v) is 11.0. The number of primary amides is 1. The van der Waals surface area contributed by atoms with Crippen LogP contribution in [-0.4, -0.2) is 46.0 Å². The van der Waals surface area contributed by atoms with Crippen LogP contribution in [0.5, 0.6) is 0 Å². The summed E-state index contributed by atoms with van der Waals surface area (Å²) in [5.41, 5.74) is 7.52. The van der Waals surface area contributed by atoms with Crippen molar-refractivity contribution in [2.45, 2.75) is 12.5 Å². The summed E-state index contributed by atoms with van der Waals surface area (Å²) in [6.07, 6.45) is 6.70. The van der Waals surface area contributed by atoms with Crippen molar-refractivity contribution >= 4 is 62.4 Å². The highest BCUT2D eigenvalue weighted by Crippen LogP contribution is 2.46. The second-order valence-corrected chi connectivity index (χ2v) is 9.57. The molecule has 156 valence electrons. The standard InChI is InChI=1S/C19H19Cl2N7OS/c1-28(2)19-26-15(21)14(30-19)18-25-13-12(9(20)6-23-17(13)27-18)24-11-8-4-3-7(5-8)10(11)16(22)29/h3-4,6-8,10-11H,5H2,1-2H3,(H2,22,29)(H2,23,24,25,27). The van der Waals surface area contributed by atoms with Gasteiger partial charge < -0.3 is 20.9 Å². The van der Waals surface area contributed by atoms with Crippen LogP contribution in [0.2, 0.25) is 10.2 Å². The summed E-state index contributed by atoms with van der Waals surface area (Å²) >= 11 is 14.3. The number of nitrogens with one attached hydrogen (secondary N) is 2. The lowest BCUT2D eigenvalue weighted by Gasteiger charge is -2.28. The molecule has 11 heteroatoms. The minimum atomic E-state index is -0.302. The topological polar surface area (TPSA) is 113 Å². The van der Waals surface area contributed by atoms with Crippen molar-refractivity contribution < 1.29 is 4.79 Å². The minimum absolute atomic E-state index is 0.125. The number of thiazole rings is 1. The number of H-pyrrole nitrogens is 1. The van der Waals surface area contributed by atoms with E-state index in [1.54, 1.807) is 6.20 Å². The number of halogens is 2. The van der Waals surface area contributed by atoms with Crippen LogP contribution in [0.15, 0.2) is 18.3 Å². The molecule has 1 saturated carbocycles. The van der Waals surface area contributed by atoms with E-state index in [1.165, 1.54) is 11.3 Å². The lowest BCUT2D eigenvalue weighted by atomic mass is 9.88. The first kappa shape index (κ1) is 19.6. The number of nitrogens with zero attached hydrogens (tertiary/aromatic N) is 4. The number of hydrogen-bond acceptors (Lipinski definition) is 7. The molecular weight excluding hydrogens is 445 g/mol. The van der Waals surface area contributed by atoms with Crippen LogP contribution in [0.25, 0.3) is 21.9 Å². The van der Waals surface area contributed by atoms with E-state index >= 15 is 0 Å².